The number of benzene rings is 3. The molecule has 0 saturated heterocycles. The highest BCUT2D eigenvalue weighted by molar-refractivity contribution is 7.81. The van der Waals surface area contributed by atoms with Crippen molar-refractivity contribution in [1.29, 1.82) is 0 Å². The lowest BCUT2D eigenvalue weighted by Gasteiger charge is -2.13. The van der Waals surface area contributed by atoms with Crippen molar-refractivity contribution in [3.63, 3.8) is 0 Å². The Hall–Kier alpha value is -1.80. The maximum absolute atomic E-state index is 6.01. The predicted octanol–water partition coefficient (Wildman–Crippen LogP) is 7.92. The summed E-state index contributed by atoms with van der Waals surface area (Å²) in [5.74, 6) is 0. The van der Waals surface area contributed by atoms with Crippen molar-refractivity contribution >= 4 is 104 Å². The third-order valence-corrected chi connectivity index (χ3v) is 5.64. The highest BCUT2D eigenvalue weighted by Crippen LogP contribution is 2.26. The molecule has 0 atom stereocenters. The van der Waals surface area contributed by atoms with E-state index in [0.717, 1.165) is 22.7 Å². The van der Waals surface area contributed by atoms with E-state index in [1.165, 1.54) is 0 Å². The highest BCUT2D eigenvalue weighted by atomic mass is 35.5. The first-order valence-corrected chi connectivity index (χ1v) is 10.8. The van der Waals surface area contributed by atoms with Crippen LogP contribution in [-0.2, 0) is 0 Å². The Bertz CT molecular complexity index is 1000. The van der Waals surface area contributed by atoms with Gasteiger partial charge in [-0.1, -0.05) is 46.4 Å². The smallest absolute Gasteiger partial charge is 0.175 e. The van der Waals surface area contributed by atoms with Crippen molar-refractivity contribution < 1.29 is 0 Å². The van der Waals surface area contributed by atoms with Gasteiger partial charge in [0.05, 0.1) is 20.1 Å². The summed E-state index contributed by atoms with van der Waals surface area (Å²) in [6, 6.07) is 17.8. The highest BCUT2D eigenvalue weighted by Gasteiger charge is 2.05. The number of hydrogen-bond acceptors (Lipinski definition) is 2. The molecule has 0 aromatic heterocycles. The first-order chi connectivity index (χ1) is 14.3. The average molecular weight is 516 g/mol. The summed E-state index contributed by atoms with van der Waals surface area (Å²) < 4.78 is 0. The molecule has 0 amide bonds. The van der Waals surface area contributed by atoms with E-state index in [1.54, 1.807) is 36.4 Å². The van der Waals surface area contributed by atoms with Gasteiger partial charge in [0.2, 0.25) is 0 Å². The molecule has 0 unspecified atom stereocenters. The molecule has 0 fully saturated rings. The zero-order chi connectivity index (χ0) is 21.7. The van der Waals surface area contributed by atoms with Gasteiger partial charge in [-0.2, -0.15) is 0 Å². The van der Waals surface area contributed by atoms with Crippen LogP contribution >= 0.6 is 70.8 Å². The molecule has 154 valence electrons. The topological polar surface area (TPSA) is 48.1 Å². The predicted molar refractivity (Wildman–Crippen MR) is 139 cm³/mol. The van der Waals surface area contributed by atoms with E-state index < -0.39 is 0 Å². The van der Waals surface area contributed by atoms with Crippen molar-refractivity contribution in [2.75, 3.05) is 21.3 Å². The molecule has 0 heterocycles. The Balaban J connectivity index is 1.53. The van der Waals surface area contributed by atoms with E-state index >= 15 is 0 Å². The second-order valence-electron chi connectivity index (χ2n) is 5.99. The van der Waals surface area contributed by atoms with Crippen LogP contribution in [0, 0.1) is 0 Å². The molecule has 4 N–H and O–H groups in total. The quantitative estimate of drug-likeness (QED) is 0.265. The van der Waals surface area contributed by atoms with Crippen molar-refractivity contribution in [1.82, 2.24) is 0 Å². The van der Waals surface area contributed by atoms with Crippen LogP contribution in [0.15, 0.2) is 60.7 Å². The molecule has 10 heteroatoms. The van der Waals surface area contributed by atoms with Gasteiger partial charge in [-0.3, -0.25) is 0 Å². The maximum Gasteiger partial charge on any atom is 0.175 e. The third-order valence-electron chi connectivity index (χ3n) is 3.76. The maximum atomic E-state index is 6.01. The molecule has 0 saturated carbocycles. The summed E-state index contributed by atoms with van der Waals surface area (Å²) in [6.07, 6.45) is 0. The van der Waals surface area contributed by atoms with Crippen molar-refractivity contribution in [3.05, 3.63) is 80.8 Å². The van der Waals surface area contributed by atoms with E-state index in [1.807, 2.05) is 24.3 Å². The number of nitrogens with one attached hydrogen (secondary N) is 4. The second-order valence-corrected chi connectivity index (χ2v) is 8.44. The van der Waals surface area contributed by atoms with Crippen molar-refractivity contribution in [2.45, 2.75) is 0 Å². The van der Waals surface area contributed by atoms with Crippen LogP contribution in [0.2, 0.25) is 20.1 Å². The lowest BCUT2D eigenvalue weighted by Crippen LogP contribution is -2.20. The molecule has 4 nitrogen and oxygen atoms in total. The Morgan fingerprint density at radius 3 is 1.10 bits per heavy atom. The minimum absolute atomic E-state index is 0.422. The lowest BCUT2D eigenvalue weighted by atomic mass is 10.3. The van der Waals surface area contributed by atoms with Crippen LogP contribution in [-0.4, -0.2) is 10.2 Å². The summed E-state index contributed by atoms with van der Waals surface area (Å²) in [4.78, 5) is 0. The molecule has 30 heavy (non-hydrogen) atoms. The number of rotatable bonds is 4. The molecule has 3 rings (SSSR count). The Kier molecular flexibility index (Phi) is 7.99. The van der Waals surface area contributed by atoms with Gasteiger partial charge in [0, 0.05) is 22.7 Å². The van der Waals surface area contributed by atoms with Gasteiger partial charge in [0.15, 0.2) is 10.2 Å². The fourth-order valence-corrected chi connectivity index (χ4v) is 3.44. The number of hydrogen-bond donors (Lipinski definition) is 4. The summed E-state index contributed by atoms with van der Waals surface area (Å²) in [7, 11) is 0. The summed E-state index contributed by atoms with van der Waals surface area (Å²) in [5.41, 5.74) is 3.08. The molecular weight excluding hydrogens is 502 g/mol. The van der Waals surface area contributed by atoms with Gasteiger partial charge in [0.25, 0.3) is 0 Å². The Labute approximate surface area is 204 Å². The SMILES string of the molecule is S=C(Nc1ccc(NC(=S)Nc2ccc(Cl)c(Cl)c2)cc1)Nc1ccc(Cl)c(Cl)c1. The molecule has 0 aliphatic carbocycles. The van der Waals surface area contributed by atoms with Crippen molar-refractivity contribution in [3.8, 4) is 0 Å². The molecular formula is C20H14Cl4N4S2. The van der Waals surface area contributed by atoms with Crippen LogP contribution in [0.25, 0.3) is 0 Å². The minimum atomic E-state index is 0.422. The van der Waals surface area contributed by atoms with Crippen LogP contribution in [0.3, 0.4) is 0 Å². The van der Waals surface area contributed by atoms with E-state index in [0.29, 0.717) is 30.3 Å². The second kappa shape index (κ2) is 10.5. The zero-order valence-corrected chi connectivity index (χ0v) is 19.8. The van der Waals surface area contributed by atoms with Gasteiger partial charge in [0.1, 0.15) is 0 Å². The van der Waals surface area contributed by atoms with Gasteiger partial charge in [-0.05, 0) is 85.1 Å². The van der Waals surface area contributed by atoms with E-state index in [2.05, 4.69) is 21.3 Å². The minimum Gasteiger partial charge on any atom is -0.332 e. The van der Waals surface area contributed by atoms with Gasteiger partial charge in [-0.15, -0.1) is 0 Å². The monoisotopic (exact) mass is 514 g/mol. The normalized spacial score (nSPS) is 10.3. The molecule has 0 aliphatic rings. The molecule has 0 bridgehead atoms. The van der Waals surface area contributed by atoms with Crippen molar-refractivity contribution in [2.24, 2.45) is 0 Å². The molecule has 0 radical (unpaired) electrons. The van der Waals surface area contributed by atoms with E-state index in [4.69, 9.17) is 70.8 Å². The fraction of sp³-hybridized carbons (Fsp3) is 0. The van der Waals surface area contributed by atoms with Gasteiger partial charge < -0.3 is 21.3 Å². The van der Waals surface area contributed by atoms with Crippen LogP contribution < -0.4 is 21.3 Å². The van der Waals surface area contributed by atoms with Gasteiger partial charge >= 0.3 is 0 Å². The first kappa shape index (κ1) is 22.9. The lowest BCUT2D eigenvalue weighted by molar-refractivity contribution is 1.57. The van der Waals surface area contributed by atoms with E-state index in [-0.39, 0.29) is 0 Å². The number of thiocarbonyl (C=S) groups is 2. The fourth-order valence-electron chi connectivity index (χ4n) is 2.37. The summed E-state index contributed by atoms with van der Waals surface area (Å²) >= 11 is 34.5. The van der Waals surface area contributed by atoms with Crippen LogP contribution in [0.1, 0.15) is 0 Å². The molecule has 3 aromatic rings. The van der Waals surface area contributed by atoms with Crippen LogP contribution in [0.5, 0.6) is 0 Å². The Morgan fingerprint density at radius 2 is 0.767 bits per heavy atom. The molecule has 0 aliphatic heterocycles. The molecule has 3 aromatic carbocycles. The van der Waals surface area contributed by atoms with Gasteiger partial charge in [-0.25, -0.2) is 0 Å². The summed E-state index contributed by atoms with van der Waals surface area (Å²) in [5, 5.41) is 15.0. The number of anilines is 4. The Morgan fingerprint density at radius 1 is 0.467 bits per heavy atom. The zero-order valence-electron chi connectivity index (χ0n) is 15.1. The standard InChI is InChI=1S/C20H14Cl4N4S2/c21-15-7-5-13(9-17(15)23)27-19(29)25-11-1-2-12(4-3-11)26-20(30)28-14-6-8-16(22)18(24)10-14/h1-10H,(H2,25,27,29)(H2,26,28,30). The molecule has 0 spiro atoms. The average Bonchev–Trinajstić information content (AvgIpc) is 2.69. The first-order valence-electron chi connectivity index (χ1n) is 8.46. The van der Waals surface area contributed by atoms with E-state index in [9.17, 15) is 0 Å². The number of halogens is 4. The summed E-state index contributed by atoms with van der Waals surface area (Å²) in [6.45, 7) is 0. The largest absolute Gasteiger partial charge is 0.332 e. The van der Waals surface area contributed by atoms with Crippen LogP contribution in [0.4, 0.5) is 22.7 Å². The third kappa shape index (κ3) is 6.60.